The minimum atomic E-state index is -0.544. The second-order valence-corrected chi connectivity index (χ2v) is 11.8. The molecule has 0 unspecified atom stereocenters. The lowest BCUT2D eigenvalue weighted by molar-refractivity contribution is -0.146. The molecule has 5 aliphatic rings. The normalized spacial score (nSPS) is 32.4. The molecule has 4 bridgehead atoms. The highest BCUT2D eigenvalue weighted by molar-refractivity contribution is 5.91. The Kier molecular flexibility index (Phi) is 7.29. The van der Waals surface area contributed by atoms with E-state index in [1.165, 1.54) is 19.3 Å². The first-order valence-corrected chi connectivity index (χ1v) is 13.8. The van der Waals surface area contributed by atoms with Gasteiger partial charge in [0.25, 0.3) is 0 Å². The van der Waals surface area contributed by atoms with Crippen molar-refractivity contribution in [3.63, 3.8) is 0 Å². The number of hydrogen-bond acceptors (Lipinski definition) is 4. The van der Waals surface area contributed by atoms with Gasteiger partial charge in [0.15, 0.2) is 5.78 Å². The van der Waals surface area contributed by atoms with Crippen molar-refractivity contribution in [2.45, 2.75) is 89.8 Å². The Morgan fingerprint density at radius 3 is 2.31 bits per heavy atom. The van der Waals surface area contributed by atoms with E-state index < -0.39 is 6.04 Å². The van der Waals surface area contributed by atoms with Crippen LogP contribution in [0.4, 0.5) is 0 Å². The lowest BCUT2D eigenvalue weighted by Crippen LogP contribution is -2.55. The molecular formula is C29H41N3O3. The topological polar surface area (TPSA) is 78.5 Å². The summed E-state index contributed by atoms with van der Waals surface area (Å²) in [7, 11) is 0. The minimum Gasteiger partial charge on any atom is -0.350 e. The van der Waals surface area contributed by atoms with E-state index in [0.29, 0.717) is 25.3 Å². The van der Waals surface area contributed by atoms with Gasteiger partial charge in [0, 0.05) is 12.0 Å². The third kappa shape index (κ3) is 5.32. The van der Waals surface area contributed by atoms with Crippen LogP contribution in [-0.2, 0) is 20.9 Å². The van der Waals surface area contributed by atoms with Gasteiger partial charge in [-0.1, -0.05) is 43.7 Å². The molecule has 0 radical (unpaired) electrons. The summed E-state index contributed by atoms with van der Waals surface area (Å²) in [5.74, 6) is 2.36. The molecule has 190 valence electrons. The van der Waals surface area contributed by atoms with Gasteiger partial charge in [-0.15, -0.1) is 0 Å². The van der Waals surface area contributed by atoms with Gasteiger partial charge < -0.3 is 10.6 Å². The van der Waals surface area contributed by atoms with Crippen LogP contribution in [0.3, 0.4) is 0 Å². The Morgan fingerprint density at radius 1 is 1.03 bits per heavy atom. The Bertz CT molecular complexity index is 895. The third-order valence-corrected chi connectivity index (χ3v) is 9.16. The van der Waals surface area contributed by atoms with Crippen LogP contribution in [-0.4, -0.2) is 47.7 Å². The number of ketones is 1. The van der Waals surface area contributed by atoms with E-state index in [9.17, 15) is 14.4 Å². The molecule has 1 aromatic rings. The van der Waals surface area contributed by atoms with Crippen LogP contribution < -0.4 is 10.6 Å². The van der Waals surface area contributed by atoms with Crippen molar-refractivity contribution >= 4 is 17.6 Å². The standard InChI is InChI=1S/C29H41N3O3/c1-2-7-24(27(34)30-18-20-8-4-3-5-9-20)31-28(35)25-10-6-11-32(25)19-26(33)29-15-21-12-22(16-29)14-23(13-21)17-29/h3-5,8-9,21-25H,2,6-7,10-19H2,1H3,(H,30,34)(H,31,35)/t21?,22?,23?,24-,25-,29?/m0/s1. The van der Waals surface area contributed by atoms with E-state index in [4.69, 9.17) is 0 Å². The fourth-order valence-electron chi connectivity index (χ4n) is 7.85. The van der Waals surface area contributed by atoms with Gasteiger partial charge in [-0.25, -0.2) is 0 Å². The fraction of sp³-hybridized carbons (Fsp3) is 0.690. The number of rotatable bonds is 10. The molecule has 6 nitrogen and oxygen atoms in total. The van der Waals surface area contributed by atoms with E-state index >= 15 is 0 Å². The molecule has 5 fully saturated rings. The predicted octanol–water partition coefficient (Wildman–Crippen LogP) is 3.84. The number of likely N-dealkylation sites (tertiary alicyclic amines) is 1. The highest BCUT2D eigenvalue weighted by atomic mass is 16.2. The second-order valence-electron chi connectivity index (χ2n) is 11.8. The summed E-state index contributed by atoms with van der Waals surface area (Å²) in [5, 5.41) is 6.01. The summed E-state index contributed by atoms with van der Waals surface area (Å²) in [4.78, 5) is 41.9. The smallest absolute Gasteiger partial charge is 0.242 e. The summed E-state index contributed by atoms with van der Waals surface area (Å²) < 4.78 is 0. The number of Topliss-reactive ketones (excluding diaryl/α,β-unsaturated/α-hetero) is 1. The molecule has 35 heavy (non-hydrogen) atoms. The molecule has 1 aromatic carbocycles. The van der Waals surface area contributed by atoms with Crippen molar-refractivity contribution in [2.75, 3.05) is 13.1 Å². The molecule has 4 saturated carbocycles. The molecule has 6 heteroatoms. The van der Waals surface area contributed by atoms with Gasteiger partial charge in [-0.3, -0.25) is 19.3 Å². The average Bonchev–Trinajstić information content (AvgIpc) is 3.30. The predicted molar refractivity (Wildman–Crippen MR) is 135 cm³/mol. The van der Waals surface area contributed by atoms with E-state index in [1.807, 2.05) is 37.3 Å². The van der Waals surface area contributed by atoms with E-state index in [0.717, 1.165) is 68.4 Å². The maximum atomic E-state index is 13.6. The van der Waals surface area contributed by atoms with E-state index in [-0.39, 0.29) is 23.3 Å². The Morgan fingerprint density at radius 2 is 1.69 bits per heavy atom. The SMILES string of the molecule is CCC[C@H](NC(=O)[C@@H]1CCCN1CC(=O)C12CC3CC(CC(C3)C1)C2)C(=O)NCc1ccccc1. The molecule has 4 aliphatic carbocycles. The highest BCUT2D eigenvalue weighted by Gasteiger charge is 2.54. The van der Waals surface area contributed by atoms with Crippen LogP contribution >= 0.6 is 0 Å². The number of benzene rings is 1. The van der Waals surface area contributed by atoms with Crippen molar-refractivity contribution < 1.29 is 14.4 Å². The zero-order valence-electron chi connectivity index (χ0n) is 21.1. The molecule has 1 saturated heterocycles. The first-order valence-electron chi connectivity index (χ1n) is 13.8. The number of carbonyl (C=O) groups excluding carboxylic acids is 3. The Labute approximate surface area is 209 Å². The maximum absolute atomic E-state index is 13.6. The van der Waals surface area contributed by atoms with E-state index in [2.05, 4.69) is 15.5 Å². The van der Waals surface area contributed by atoms with Gasteiger partial charge in [-0.05, 0) is 87.6 Å². The second kappa shape index (κ2) is 10.4. The van der Waals surface area contributed by atoms with Gasteiger partial charge in [-0.2, -0.15) is 0 Å². The van der Waals surface area contributed by atoms with Crippen LogP contribution in [0.25, 0.3) is 0 Å². The minimum absolute atomic E-state index is 0.103. The van der Waals surface area contributed by atoms with Gasteiger partial charge in [0.05, 0.1) is 12.6 Å². The molecule has 2 N–H and O–H groups in total. The molecule has 0 spiro atoms. The first kappa shape index (κ1) is 24.5. The summed E-state index contributed by atoms with van der Waals surface area (Å²) in [6.45, 7) is 3.65. The molecule has 1 heterocycles. The quantitative estimate of drug-likeness (QED) is 0.535. The molecule has 6 rings (SSSR count). The summed E-state index contributed by atoms with van der Waals surface area (Å²) in [6, 6.07) is 8.95. The first-order chi connectivity index (χ1) is 17.0. The van der Waals surface area contributed by atoms with Crippen molar-refractivity contribution in [3.8, 4) is 0 Å². The van der Waals surface area contributed by atoms with Crippen LogP contribution in [0.5, 0.6) is 0 Å². The van der Waals surface area contributed by atoms with Crippen molar-refractivity contribution in [1.29, 1.82) is 0 Å². The number of carbonyl (C=O) groups is 3. The third-order valence-electron chi connectivity index (χ3n) is 9.16. The van der Waals surface area contributed by atoms with Gasteiger partial charge >= 0.3 is 0 Å². The van der Waals surface area contributed by atoms with Gasteiger partial charge in [0.1, 0.15) is 6.04 Å². The average molecular weight is 480 g/mol. The Balaban J connectivity index is 1.18. The Hall–Kier alpha value is -2.21. The lowest BCUT2D eigenvalue weighted by atomic mass is 9.48. The number of hydrogen-bond donors (Lipinski definition) is 2. The maximum Gasteiger partial charge on any atom is 0.242 e. The van der Waals surface area contributed by atoms with Crippen molar-refractivity contribution in [1.82, 2.24) is 15.5 Å². The van der Waals surface area contributed by atoms with Crippen LogP contribution in [0.15, 0.2) is 30.3 Å². The molecular weight excluding hydrogens is 438 g/mol. The monoisotopic (exact) mass is 479 g/mol. The fourth-order valence-corrected chi connectivity index (χ4v) is 7.85. The summed E-state index contributed by atoms with van der Waals surface area (Å²) in [6.07, 6.45) is 10.3. The molecule has 2 atom stereocenters. The highest BCUT2D eigenvalue weighted by Crippen LogP contribution is 2.60. The zero-order chi connectivity index (χ0) is 24.4. The largest absolute Gasteiger partial charge is 0.350 e. The van der Waals surface area contributed by atoms with Crippen LogP contribution in [0.2, 0.25) is 0 Å². The number of nitrogens with one attached hydrogen (secondary N) is 2. The summed E-state index contributed by atoms with van der Waals surface area (Å²) >= 11 is 0. The van der Waals surface area contributed by atoms with Crippen LogP contribution in [0, 0.1) is 23.2 Å². The molecule has 1 aliphatic heterocycles. The lowest BCUT2D eigenvalue weighted by Gasteiger charge is -2.56. The van der Waals surface area contributed by atoms with Crippen molar-refractivity contribution in [2.24, 2.45) is 23.2 Å². The zero-order valence-corrected chi connectivity index (χ0v) is 21.1. The molecule has 2 amide bonds. The van der Waals surface area contributed by atoms with Gasteiger partial charge in [0.2, 0.25) is 11.8 Å². The number of nitrogens with zero attached hydrogens (tertiary/aromatic N) is 1. The van der Waals surface area contributed by atoms with Crippen LogP contribution in [0.1, 0.15) is 76.7 Å². The van der Waals surface area contributed by atoms with Crippen molar-refractivity contribution in [3.05, 3.63) is 35.9 Å². The molecule has 0 aromatic heterocycles. The summed E-state index contributed by atoms with van der Waals surface area (Å²) in [5.41, 5.74) is 0.910. The van der Waals surface area contributed by atoms with E-state index in [1.54, 1.807) is 0 Å². The number of amides is 2.